The predicted octanol–water partition coefficient (Wildman–Crippen LogP) is 2.77. The van der Waals surface area contributed by atoms with Crippen LogP contribution in [0.2, 0.25) is 0 Å². The molecule has 1 unspecified atom stereocenters. The Morgan fingerprint density at radius 3 is 2.61 bits per heavy atom. The predicted molar refractivity (Wildman–Crippen MR) is 77.3 cm³/mol. The number of nitrogens with two attached hydrogens (primary N) is 1. The van der Waals surface area contributed by atoms with Crippen LogP contribution in [0.3, 0.4) is 0 Å². The number of aromatic nitrogens is 1. The fraction of sp³-hybridized carbons (Fsp3) is 0.571. The van der Waals surface area contributed by atoms with Gasteiger partial charge in [0.25, 0.3) is 0 Å². The zero-order chi connectivity index (χ0) is 13.5. The van der Waals surface area contributed by atoms with Crippen LogP contribution in [-0.4, -0.2) is 23.4 Å². The lowest BCUT2D eigenvalue weighted by Crippen LogP contribution is -2.34. The Hall–Kier alpha value is -1.58. The Bertz CT molecular complexity index is 372. The molecule has 1 atom stereocenters. The monoisotopic (exact) mass is 248 g/mol. The van der Waals surface area contributed by atoms with Gasteiger partial charge in [-0.25, -0.2) is 4.98 Å². The highest BCUT2D eigenvalue weighted by Crippen LogP contribution is 2.17. The molecule has 4 heteroatoms. The lowest BCUT2D eigenvalue weighted by molar-refractivity contribution is 0.589. The standard InChI is InChI=1S/C14H24N4/c1-4-6-9-18(11(3)5-2)13-8-7-12(10-17-13)14(15)16/h7-8,10-11H,4-6,9H2,1-3H3,(H3,15,16). The van der Waals surface area contributed by atoms with Crippen LogP contribution in [0.4, 0.5) is 5.82 Å². The van der Waals surface area contributed by atoms with Crippen LogP contribution in [0.5, 0.6) is 0 Å². The molecule has 0 radical (unpaired) electrons. The molecule has 0 fully saturated rings. The Morgan fingerprint density at radius 1 is 1.44 bits per heavy atom. The van der Waals surface area contributed by atoms with Crippen molar-refractivity contribution in [1.29, 1.82) is 5.41 Å². The third kappa shape index (κ3) is 3.72. The summed E-state index contributed by atoms with van der Waals surface area (Å²) in [7, 11) is 0. The molecule has 0 aromatic carbocycles. The Balaban J connectivity index is 2.87. The molecule has 1 aromatic heterocycles. The van der Waals surface area contributed by atoms with Gasteiger partial charge in [0.1, 0.15) is 11.7 Å². The number of nitrogens with one attached hydrogen (secondary N) is 1. The minimum absolute atomic E-state index is 0.0673. The van der Waals surface area contributed by atoms with Gasteiger partial charge in [-0.3, -0.25) is 5.41 Å². The van der Waals surface area contributed by atoms with Gasteiger partial charge < -0.3 is 10.6 Å². The van der Waals surface area contributed by atoms with Gasteiger partial charge in [-0.05, 0) is 31.9 Å². The minimum atomic E-state index is 0.0673. The first-order valence-electron chi connectivity index (χ1n) is 6.67. The largest absolute Gasteiger partial charge is 0.384 e. The number of hydrogen-bond acceptors (Lipinski definition) is 3. The third-order valence-electron chi connectivity index (χ3n) is 3.23. The van der Waals surface area contributed by atoms with Crippen molar-refractivity contribution in [2.75, 3.05) is 11.4 Å². The van der Waals surface area contributed by atoms with Crippen molar-refractivity contribution in [3.8, 4) is 0 Å². The number of nitrogen functional groups attached to an aromatic ring is 1. The van der Waals surface area contributed by atoms with Gasteiger partial charge in [0, 0.05) is 24.3 Å². The second kappa shape index (κ2) is 6.99. The third-order valence-corrected chi connectivity index (χ3v) is 3.23. The van der Waals surface area contributed by atoms with Crippen LogP contribution < -0.4 is 10.6 Å². The number of anilines is 1. The number of unbranched alkanes of at least 4 members (excludes halogenated alkanes) is 1. The molecule has 0 saturated carbocycles. The van der Waals surface area contributed by atoms with Crippen molar-refractivity contribution in [3.63, 3.8) is 0 Å². The Labute approximate surface area is 110 Å². The molecule has 0 amide bonds. The number of hydrogen-bond donors (Lipinski definition) is 2. The van der Waals surface area contributed by atoms with Crippen LogP contribution >= 0.6 is 0 Å². The van der Waals surface area contributed by atoms with Crippen molar-refractivity contribution in [1.82, 2.24) is 4.98 Å². The summed E-state index contributed by atoms with van der Waals surface area (Å²) in [6.07, 6.45) is 5.12. The molecule has 0 saturated heterocycles. The summed E-state index contributed by atoms with van der Waals surface area (Å²) in [5, 5.41) is 7.37. The van der Waals surface area contributed by atoms with Crippen LogP contribution in [0.1, 0.15) is 45.6 Å². The molecule has 0 aliphatic carbocycles. The highest BCUT2D eigenvalue weighted by molar-refractivity contribution is 5.94. The molecule has 3 N–H and O–H groups in total. The van der Waals surface area contributed by atoms with E-state index in [1.54, 1.807) is 6.20 Å². The summed E-state index contributed by atoms with van der Waals surface area (Å²) in [5.41, 5.74) is 6.11. The van der Waals surface area contributed by atoms with Crippen LogP contribution in [-0.2, 0) is 0 Å². The van der Waals surface area contributed by atoms with Crippen molar-refractivity contribution in [2.45, 2.75) is 46.1 Å². The minimum Gasteiger partial charge on any atom is -0.384 e. The average molecular weight is 248 g/mol. The van der Waals surface area contributed by atoms with E-state index in [9.17, 15) is 0 Å². The Kier molecular flexibility index (Phi) is 5.62. The van der Waals surface area contributed by atoms with E-state index in [4.69, 9.17) is 11.1 Å². The molecular weight excluding hydrogens is 224 g/mol. The van der Waals surface area contributed by atoms with Gasteiger partial charge in [0.2, 0.25) is 0 Å². The van der Waals surface area contributed by atoms with E-state index in [0.717, 1.165) is 18.8 Å². The number of nitrogens with zero attached hydrogens (tertiary/aromatic N) is 2. The summed E-state index contributed by atoms with van der Waals surface area (Å²) in [6.45, 7) is 7.63. The Morgan fingerprint density at radius 2 is 2.17 bits per heavy atom. The van der Waals surface area contributed by atoms with E-state index < -0.39 is 0 Å². The van der Waals surface area contributed by atoms with E-state index in [0.29, 0.717) is 11.6 Å². The fourth-order valence-corrected chi connectivity index (χ4v) is 1.82. The topological polar surface area (TPSA) is 66.0 Å². The van der Waals surface area contributed by atoms with E-state index >= 15 is 0 Å². The number of pyridine rings is 1. The summed E-state index contributed by atoms with van der Waals surface area (Å²) in [5.74, 6) is 1.04. The molecule has 18 heavy (non-hydrogen) atoms. The molecule has 4 nitrogen and oxygen atoms in total. The maximum atomic E-state index is 7.37. The van der Waals surface area contributed by atoms with Gasteiger partial charge in [-0.1, -0.05) is 20.3 Å². The smallest absolute Gasteiger partial charge is 0.128 e. The average Bonchev–Trinajstić information content (AvgIpc) is 2.39. The summed E-state index contributed by atoms with van der Waals surface area (Å²) in [6, 6.07) is 4.30. The zero-order valence-corrected chi connectivity index (χ0v) is 11.6. The zero-order valence-electron chi connectivity index (χ0n) is 11.6. The summed E-state index contributed by atoms with van der Waals surface area (Å²) in [4.78, 5) is 6.75. The van der Waals surface area contributed by atoms with Crippen molar-refractivity contribution in [3.05, 3.63) is 23.9 Å². The molecule has 100 valence electrons. The quantitative estimate of drug-likeness (QED) is 0.576. The van der Waals surface area contributed by atoms with Crippen LogP contribution in [0.15, 0.2) is 18.3 Å². The first-order chi connectivity index (χ1) is 8.60. The highest BCUT2D eigenvalue weighted by atomic mass is 15.2. The number of rotatable bonds is 7. The lowest BCUT2D eigenvalue weighted by Gasteiger charge is -2.29. The van der Waals surface area contributed by atoms with Gasteiger partial charge in [0.05, 0.1) is 0 Å². The first kappa shape index (κ1) is 14.5. The van der Waals surface area contributed by atoms with Crippen molar-refractivity contribution in [2.24, 2.45) is 5.73 Å². The maximum absolute atomic E-state index is 7.37. The normalized spacial score (nSPS) is 12.2. The van der Waals surface area contributed by atoms with Crippen LogP contribution in [0, 0.1) is 5.41 Å². The maximum Gasteiger partial charge on any atom is 0.128 e. The van der Waals surface area contributed by atoms with E-state index in [-0.39, 0.29) is 5.84 Å². The molecule has 0 aliphatic rings. The van der Waals surface area contributed by atoms with Crippen molar-refractivity contribution >= 4 is 11.7 Å². The molecule has 0 bridgehead atoms. The fourth-order valence-electron chi connectivity index (χ4n) is 1.82. The van der Waals surface area contributed by atoms with Gasteiger partial charge in [-0.2, -0.15) is 0 Å². The van der Waals surface area contributed by atoms with Gasteiger partial charge in [0.15, 0.2) is 0 Å². The van der Waals surface area contributed by atoms with E-state index in [1.807, 2.05) is 12.1 Å². The highest BCUT2D eigenvalue weighted by Gasteiger charge is 2.13. The van der Waals surface area contributed by atoms with Crippen molar-refractivity contribution < 1.29 is 0 Å². The molecular formula is C14H24N4. The van der Waals surface area contributed by atoms with E-state index in [2.05, 4.69) is 30.7 Å². The van der Waals surface area contributed by atoms with E-state index in [1.165, 1.54) is 12.8 Å². The SMILES string of the molecule is CCCCN(c1ccc(C(=N)N)cn1)C(C)CC. The van der Waals surface area contributed by atoms with Crippen LogP contribution in [0.25, 0.3) is 0 Å². The molecule has 1 heterocycles. The second-order valence-electron chi connectivity index (χ2n) is 4.62. The first-order valence-corrected chi connectivity index (χ1v) is 6.67. The molecule has 0 aliphatic heterocycles. The van der Waals surface area contributed by atoms with Gasteiger partial charge >= 0.3 is 0 Å². The molecule has 1 aromatic rings. The molecule has 0 spiro atoms. The lowest BCUT2D eigenvalue weighted by atomic mass is 10.2. The molecule has 1 rings (SSSR count). The summed E-state index contributed by atoms with van der Waals surface area (Å²) < 4.78 is 0. The summed E-state index contributed by atoms with van der Waals surface area (Å²) >= 11 is 0. The number of amidine groups is 1. The van der Waals surface area contributed by atoms with Gasteiger partial charge in [-0.15, -0.1) is 0 Å². The second-order valence-corrected chi connectivity index (χ2v) is 4.62.